The maximum absolute atomic E-state index is 12.1. The lowest BCUT2D eigenvalue weighted by molar-refractivity contribution is 0.583. The second-order valence-electron chi connectivity index (χ2n) is 3.94. The van der Waals surface area contributed by atoms with Crippen LogP contribution in [0.1, 0.15) is 11.1 Å². The average molecular weight is 381 g/mol. The predicted octanol–water partition coefficient (Wildman–Crippen LogP) is 3.95. The first kappa shape index (κ1) is 15.0. The summed E-state index contributed by atoms with van der Waals surface area (Å²) in [6, 6.07) is 9.09. The zero-order chi connectivity index (χ0) is 14.0. The molecule has 3 nitrogen and oxygen atoms in total. The zero-order valence-electron chi connectivity index (χ0n) is 9.98. The van der Waals surface area contributed by atoms with Crippen molar-refractivity contribution >= 4 is 48.9 Å². The molecule has 1 N–H and O–H groups in total. The Kier molecular flexibility index (Phi) is 4.68. The summed E-state index contributed by atoms with van der Waals surface area (Å²) >= 11 is 10.2. The van der Waals surface area contributed by atoms with Crippen molar-refractivity contribution in [3.63, 3.8) is 0 Å². The van der Waals surface area contributed by atoms with E-state index in [0.29, 0.717) is 8.81 Å². The molecule has 7 heteroatoms. The second kappa shape index (κ2) is 5.93. The van der Waals surface area contributed by atoms with Gasteiger partial charge in [0.1, 0.15) is 4.21 Å². The van der Waals surface area contributed by atoms with Gasteiger partial charge in [-0.1, -0.05) is 35.9 Å². The molecule has 19 heavy (non-hydrogen) atoms. The molecule has 1 aromatic carbocycles. The molecule has 102 valence electrons. The second-order valence-corrected chi connectivity index (χ2v) is 8.71. The summed E-state index contributed by atoms with van der Waals surface area (Å²) < 4.78 is 27.6. The fourth-order valence-electron chi connectivity index (χ4n) is 1.51. The summed E-state index contributed by atoms with van der Waals surface area (Å²) in [4.78, 5) is 0. The molecule has 0 unspecified atom stereocenters. The van der Waals surface area contributed by atoms with E-state index in [1.165, 1.54) is 6.07 Å². The predicted molar refractivity (Wildman–Crippen MR) is 82.2 cm³/mol. The Morgan fingerprint density at radius 1 is 1.37 bits per heavy atom. The molecule has 0 aliphatic rings. The molecule has 0 saturated carbocycles. The van der Waals surface area contributed by atoms with Crippen molar-refractivity contribution in [3.05, 3.63) is 50.3 Å². The summed E-state index contributed by atoms with van der Waals surface area (Å²) in [6.45, 7) is 2.21. The Morgan fingerprint density at radius 2 is 2.05 bits per heavy atom. The molecule has 0 bridgehead atoms. The molecule has 2 aromatic rings. The Morgan fingerprint density at radius 3 is 2.63 bits per heavy atom. The molecule has 0 atom stereocenters. The van der Waals surface area contributed by atoms with E-state index >= 15 is 0 Å². The number of thiophene rings is 1. The highest BCUT2D eigenvalue weighted by Gasteiger charge is 2.18. The number of hydrogen-bond acceptors (Lipinski definition) is 3. The van der Waals surface area contributed by atoms with Gasteiger partial charge in [0, 0.05) is 6.54 Å². The lowest BCUT2D eigenvalue weighted by Gasteiger charge is -2.07. The third-order valence-corrected chi connectivity index (χ3v) is 6.95. The quantitative estimate of drug-likeness (QED) is 0.873. The average Bonchev–Trinajstić information content (AvgIpc) is 2.70. The van der Waals surface area contributed by atoms with E-state index in [2.05, 4.69) is 20.7 Å². The summed E-state index contributed by atoms with van der Waals surface area (Å²) in [7, 11) is -3.52. The van der Waals surface area contributed by atoms with Crippen molar-refractivity contribution in [2.45, 2.75) is 17.7 Å². The van der Waals surface area contributed by atoms with Gasteiger partial charge in [0.15, 0.2) is 0 Å². The van der Waals surface area contributed by atoms with Gasteiger partial charge < -0.3 is 0 Å². The highest BCUT2D eigenvalue weighted by Crippen LogP contribution is 2.34. The highest BCUT2D eigenvalue weighted by molar-refractivity contribution is 9.11. The summed E-state index contributed by atoms with van der Waals surface area (Å²) in [5.41, 5.74) is 2.00. The summed E-state index contributed by atoms with van der Waals surface area (Å²) in [5.74, 6) is 0. The van der Waals surface area contributed by atoms with E-state index in [4.69, 9.17) is 11.6 Å². The van der Waals surface area contributed by atoms with Crippen LogP contribution in [0, 0.1) is 6.92 Å². The monoisotopic (exact) mass is 379 g/mol. The third kappa shape index (κ3) is 3.58. The topological polar surface area (TPSA) is 46.2 Å². The summed E-state index contributed by atoms with van der Waals surface area (Å²) in [6.07, 6.45) is 0. The normalized spacial score (nSPS) is 11.7. The van der Waals surface area contributed by atoms with Crippen molar-refractivity contribution in [2.75, 3.05) is 0 Å². The fraction of sp³-hybridized carbons (Fsp3) is 0.167. The number of hydrogen-bond donors (Lipinski definition) is 1. The molecule has 0 radical (unpaired) electrons. The highest BCUT2D eigenvalue weighted by atomic mass is 79.9. The Bertz CT molecular complexity index is 678. The largest absolute Gasteiger partial charge is 0.250 e. The molecular formula is C12H11BrClNO2S2. The van der Waals surface area contributed by atoms with Gasteiger partial charge >= 0.3 is 0 Å². The van der Waals surface area contributed by atoms with E-state index in [9.17, 15) is 8.42 Å². The lowest BCUT2D eigenvalue weighted by Crippen LogP contribution is -2.22. The minimum Gasteiger partial charge on any atom is -0.206 e. The van der Waals surface area contributed by atoms with Gasteiger partial charge in [-0.25, -0.2) is 13.1 Å². The molecule has 0 spiro atoms. The van der Waals surface area contributed by atoms with Gasteiger partial charge in [0.05, 0.1) is 8.81 Å². The number of nitrogens with one attached hydrogen (secondary N) is 1. The van der Waals surface area contributed by atoms with Crippen LogP contribution in [-0.4, -0.2) is 8.42 Å². The Labute approximate surface area is 129 Å². The van der Waals surface area contributed by atoms with Gasteiger partial charge in [-0.15, -0.1) is 11.3 Å². The molecule has 1 aromatic heterocycles. The third-order valence-electron chi connectivity index (χ3n) is 2.60. The van der Waals surface area contributed by atoms with Gasteiger partial charge in [0.25, 0.3) is 0 Å². The van der Waals surface area contributed by atoms with Crippen LogP contribution in [0.25, 0.3) is 0 Å². The summed E-state index contributed by atoms with van der Waals surface area (Å²) in [5, 5.41) is 0.404. The lowest BCUT2D eigenvalue weighted by atomic mass is 10.1. The maximum Gasteiger partial charge on any atom is 0.250 e. The molecule has 0 fully saturated rings. The fourth-order valence-corrected chi connectivity index (χ4v) is 4.96. The van der Waals surface area contributed by atoms with Crippen LogP contribution in [-0.2, 0) is 16.6 Å². The van der Waals surface area contributed by atoms with Crippen LogP contribution in [0.4, 0.5) is 0 Å². The van der Waals surface area contributed by atoms with Gasteiger partial charge in [-0.2, -0.15) is 0 Å². The molecule has 0 saturated heterocycles. The van der Waals surface area contributed by atoms with E-state index in [0.717, 1.165) is 22.5 Å². The van der Waals surface area contributed by atoms with Gasteiger partial charge in [0.2, 0.25) is 10.0 Å². The smallest absolute Gasteiger partial charge is 0.206 e. The number of rotatable bonds is 4. The van der Waals surface area contributed by atoms with E-state index in [1.54, 1.807) is 0 Å². The first-order chi connectivity index (χ1) is 8.90. The van der Waals surface area contributed by atoms with E-state index < -0.39 is 10.0 Å². The molecular weight excluding hydrogens is 370 g/mol. The first-order valence-corrected chi connectivity index (χ1v) is 8.86. The molecule has 0 aliphatic heterocycles. The van der Waals surface area contributed by atoms with Crippen molar-refractivity contribution in [1.29, 1.82) is 0 Å². The van der Waals surface area contributed by atoms with Crippen LogP contribution in [0.3, 0.4) is 0 Å². The number of benzene rings is 1. The maximum atomic E-state index is 12.1. The number of sulfonamides is 1. The molecule has 2 rings (SSSR count). The van der Waals surface area contributed by atoms with Crippen LogP contribution >= 0.6 is 38.9 Å². The van der Waals surface area contributed by atoms with Crippen molar-refractivity contribution in [3.8, 4) is 0 Å². The SMILES string of the molecule is Cc1ccccc1CNS(=O)(=O)c1cc(Cl)c(Br)s1. The minimum atomic E-state index is -3.52. The van der Waals surface area contributed by atoms with Crippen LogP contribution in [0.15, 0.2) is 38.3 Å². The van der Waals surface area contributed by atoms with Crippen molar-refractivity contribution < 1.29 is 8.42 Å². The Hall–Kier alpha value is -0.400. The van der Waals surface area contributed by atoms with E-state index in [1.807, 2.05) is 31.2 Å². The first-order valence-electron chi connectivity index (χ1n) is 5.39. The molecule has 0 amide bonds. The molecule has 0 aliphatic carbocycles. The molecule has 1 heterocycles. The van der Waals surface area contributed by atoms with Crippen LogP contribution < -0.4 is 4.72 Å². The van der Waals surface area contributed by atoms with Crippen LogP contribution in [0.2, 0.25) is 5.02 Å². The number of aryl methyl sites for hydroxylation is 1. The zero-order valence-corrected chi connectivity index (χ0v) is 14.0. The van der Waals surface area contributed by atoms with Gasteiger partial charge in [-0.05, 0) is 40.0 Å². The minimum absolute atomic E-state index is 0.206. The number of halogens is 2. The van der Waals surface area contributed by atoms with E-state index in [-0.39, 0.29) is 10.8 Å². The van der Waals surface area contributed by atoms with Gasteiger partial charge in [-0.3, -0.25) is 0 Å². The van der Waals surface area contributed by atoms with Crippen LogP contribution in [0.5, 0.6) is 0 Å². The standard InChI is InChI=1S/C12H11BrClNO2S2/c1-8-4-2-3-5-9(8)7-15-19(16,17)11-6-10(14)12(13)18-11/h2-6,15H,7H2,1H3. The Balaban J connectivity index is 2.17. The van der Waals surface area contributed by atoms with Crippen molar-refractivity contribution in [1.82, 2.24) is 4.72 Å². The van der Waals surface area contributed by atoms with Crippen molar-refractivity contribution in [2.24, 2.45) is 0 Å².